The van der Waals surface area contributed by atoms with Gasteiger partial charge in [0.1, 0.15) is 0 Å². The van der Waals surface area contributed by atoms with Crippen molar-refractivity contribution in [2.24, 2.45) is 0 Å². The predicted octanol–water partition coefficient (Wildman–Crippen LogP) is 3.26. The molecule has 1 N–H and O–H groups in total. The summed E-state index contributed by atoms with van der Waals surface area (Å²) in [6, 6.07) is 5.60. The Labute approximate surface area is 113 Å². The summed E-state index contributed by atoms with van der Waals surface area (Å²) in [6.45, 7) is 0. The van der Waals surface area contributed by atoms with E-state index in [9.17, 15) is 18.3 Å². The summed E-state index contributed by atoms with van der Waals surface area (Å²) in [7, 11) is 0. The maximum atomic E-state index is 13.7. The molecule has 1 heterocycles. The zero-order valence-corrected chi connectivity index (χ0v) is 10.5. The van der Waals surface area contributed by atoms with Crippen molar-refractivity contribution in [1.82, 2.24) is 4.98 Å². The van der Waals surface area contributed by atoms with Gasteiger partial charge in [0.15, 0.2) is 17.5 Å². The Hall–Kier alpha value is -1.88. The van der Waals surface area contributed by atoms with Gasteiger partial charge < -0.3 is 5.11 Å². The van der Waals surface area contributed by atoms with E-state index < -0.39 is 29.5 Å². The molecule has 2 aromatic rings. The molecule has 0 saturated heterocycles. The molecular weight excluding hydrogens is 267 g/mol. The number of rotatable bonds is 2. The van der Waals surface area contributed by atoms with E-state index in [1.807, 2.05) is 6.07 Å². The van der Waals surface area contributed by atoms with Gasteiger partial charge in [-0.15, -0.1) is 0 Å². The maximum Gasteiger partial charge on any atom is 0.194 e. The van der Waals surface area contributed by atoms with Crippen LogP contribution in [0, 0.1) is 17.5 Å². The first kappa shape index (κ1) is 13.1. The molecule has 1 aromatic carbocycles. The molecule has 2 atom stereocenters. The van der Waals surface area contributed by atoms with E-state index in [1.54, 1.807) is 12.3 Å². The zero-order valence-electron chi connectivity index (χ0n) is 10.5. The van der Waals surface area contributed by atoms with E-state index in [0.717, 1.165) is 24.1 Å². The van der Waals surface area contributed by atoms with Gasteiger partial charge in [-0.1, -0.05) is 12.1 Å². The average molecular weight is 279 g/mol. The van der Waals surface area contributed by atoms with Crippen molar-refractivity contribution < 1.29 is 18.3 Å². The summed E-state index contributed by atoms with van der Waals surface area (Å²) in [5.41, 5.74) is 1.47. The van der Waals surface area contributed by atoms with Crippen LogP contribution in [0.2, 0.25) is 0 Å². The van der Waals surface area contributed by atoms with E-state index in [2.05, 4.69) is 4.98 Å². The number of aryl methyl sites for hydroxylation is 1. The highest BCUT2D eigenvalue weighted by Crippen LogP contribution is 2.41. The van der Waals surface area contributed by atoms with Crippen LogP contribution in [-0.2, 0) is 6.42 Å². The summed E-state index contributed by atoms with van der Waals surface area (Å²) in [6.07, 6.45) is 1.70. The van der Waals surface area contributed by atoms with Gasteiger partial charge >= 0.3 is 0 Å². The quantitative estimate of drug-likeness (QED) is 0.856. The third-order valence-corrected chi connectivity index (χ3v) is 3.77. The summed E-state index contributed by atoms with van der Waals surface area (Å²) >= 11 is 0. The van der Waals surface area contributed by atoms with Gasteiger partial charge in [0.25, 0.3) is 0 Å². The standard InChI is InChI=1S/C15H12F3NO/c16-11-6-5-9(12(17)13(11)18)15(20)10-4-3-8-2-1-7-19-14(8)10/h1-2,5-7,10,15,20H,3-4H2. The number of nitrogens with zero attached hydrogens (tertiary/aromatic N) is 1. The van der Waals surface area contributed by atoms with Crippen LogP contribution in [0.25, 0.3) is 0 Å². The summed E-state index contributed by atoms with van der Waals surface area (Å²) in [5.74, 6) is -4.54. The van der Waals surface area contributed by atoms with E-state index in [-0.39, 0.29) is 5.56 Å². The van der Waals surface area contributed by atoms with Gasteiger partial charge in [0.2, 0.25) is 0 Å². The number of halogens is 3. The fraction of sp³-hybridized carbons (Fsp3) is 0.267. The van der Waals surface area contributed by atoms with Gasteiger partial charge in [0.05, 0.1) is 6.10 Å². The van der Waals surface area contributed by atoms with E-state index in [1.165, 1.54) is 0 Å². The minimum absolute atomic E-state index is 0.229. The Bertz CT molecular complexity index is 660. The summed E-state index contributed by atoms with van der Waals surface area (Å²) in [5, 5.41) is 10.3. The van der Waals surface area contributed by atoms with Crippen LogP contribution in [0.4, 0.5) is 13.2 Å². The first-order valence-electron chi connectivity index (χ1n) is 6.35. The Balaban J connectivity index is 1.99. The molecule has 20 heavy (non-hydrogen) atoms. The molecule has 0 bridgehead atoms. The number of pyridine rings is 1. The Morgan fingerprint density at radius 3 is 2.75 bits per heavy atom. The number of hydrogen-bond acceptors (Lipinski definition) is 2. The van der Waals surface area contributed by atoms with Crippen LogP contribution in [0.1, 0.15) is 35.3 Å². The van der Waals surface area contributed by atoms with E-state index >= 15 is 0 Å². The molecule has 0 amide bonds. The number of aliphatic hydroxyl groups is 1. The van der Waals surface area contributed by atoms with E-state index in [4.69, 9.17) is 0 Å². The molecular formula is C15H12F3NO. The smallest absolute Gasteiger partial charge is 0.194 e. The fourth-order valence-electron chi connectivity index (χ4n) is 2.74. The Morgan fingerprint density at radius 1 is 1.15 bits per heavy atom. The minimum Gasteiger partial charge on any atom is -0.388 e. The van der Waals surface area contributed by atoms with Crippen LogP contribution in [-0.4, -0.2) is 10.1 Å². The van der Waals surface area contributed by atoms with Gasteiger partial charge in [-0.3, -0.25) is 4.98 Å². The van der Waals surface area contributed by atoms with E-state index in [0.29, 0.717) is 12.1 Å². The molecule has 2 nitrogen and oxygen atoms in total. The third kappa shape index (κ3) is 1.98. The van der Waals surface area contributed by atoms with Crippen LogP contribution >= 0.6 is 0 Å². The topological polar surface area (TPSA) is 33.1 Å². The normalized spacial score (nSPS) is 18.9. The van der Waals surface area contributed by atoms with Crippen LogP contribution in [0.3, 0.4) is 0 Å². The Morgan fingerprint density at radius 2 is 1.95 bits per heavy atom. The molecule has 3 rings (SSSR count). The minimum atomic E-state index is -1.55. The van der Waals surface area contributed by atoms with Crippen LogP contribution in [0.15, 0.2) is 30.5 Å². The lowest BCUT2D eigenvalue weighted by molar-refractivity contribution is 0.137. The monoisotopic (exact) mass is 279 g/mol. The van der Waals surface area contributed by atoms with Crippen molar-refractivity contribution in [3.63, 3.8) is 0 Å². The molecule has 0 radical (unpaired) electrons. The summed E-state index contributed by atoms with van der Waals surface area (Å²) < 4.78 is 39.9. The lowest BCUT2D eigenvalue weighted by atomic mass is 9.93. The average Bonchev–Trinajstić information content (AvgIpc) is 2.88. The molecule has 1 aliphatic carbocycles. The van der Waals surface area contributed by atoms with Crippen molar-refractivity contribution in [1.29, 1.82) is 0 Å². The Kier molecular flexibility index (Phi) is 3.22. The predicted molar refractivity (Wildman–Crippen MR) is 66.6 cm³/mol. The van der Waals surface area contributed by atoms with Crippen molar-refractivity contribution in [3.05, 3.63) is 64.7 Å². The molecule has 104 valence electrons. The fourth-order valence-corrected chi connectivity index (χ4v) is 2.74. The number of fused-ring (bicyclic) bond motifs is 1. The van der Waals surface area contributed by atoms with Crippen molar-refractivity contribution in [2.45, 2.75) is 24.9 Å². The van der Waals surface area contributed by atoms with Crippen molar-refractivity contribution >= 4 is 0 Å². The molecule has 5 heteroatoms. The molecule has 0 saturated carbocycles. The van der Waals surface area contributed by atoms with Crippen molar-refractivity contribution in [2.75, 3.05) is 0 Å². The number of hydrogen-bond donors (Lipinski definition) is 1. The molecule has 0 spiro atoms. The highest BCUT2D eigenvalue weighted by Gasteiger charge is 2.33. The summed E-state index contributed by atoms with van der Waals surface area (Å²) in [4.78, 5) is 4.21. The number of aliphatic hydroxyl groups excluding tert-OH is 1. The molecule has 0 aliphatic heterocycles. The van der Waals surface area contributed by atoms with Crippen molar-refractivity contribution in [3.8, 4) is 0 Å². The second-order valence-electron chi connectivity index (χ2n) is 4.90. The second kappa shape index (κ2) is 4.90. The lowest BCUT2D eigenvalue weighted by Crippen LogP contribution is -2.12. The highest BCUT2D eigenvalue weighted by atomic mass is 19.2. The molecule has 1 aliphatic rings. The third-order valence-electron chi connectivity index (χ3n) is 3.77. The van der Waals surface area contributed by atoms with Gasteiger partial charge in [-0.2, -0.15) is 0 Å². The number of benzene rings is 1. The molecule has 2 unspecified atom stereocenters. The van der Waals surface area contributed by atoms with Gasteiger partial charge in [-0.05, 0) is 30.5 Å². The molecule has 0 fully saturated rings. The SMILES string of the molecule is OC(c1ccc(F)c(F)c1F)C1CCc2cccnc21. The largest absolute Gasteiger partial charge is 0.388 e. The maximum absolute atomic E-state index is 13.7. The van der Waals surface area contributed by atoms with Crippen LogP contribution in [0.5, 0.6) is 0 Å². The molecule has 1 aromatic heterocycles. The first-order chi connectivity index (χ1) is 9.59. The second-order valence-corrected chi connectivity index (χ2v) is 4.90. The highest BCUT2D eigenvalue weighted by molar-refractivity contribution is 5.33. The lowest BCUT2D eigenvalue weighted by Gasteiger charge is -2.19. The van der Waals surface area contributed by atoms with Gasteiger partial charge in [0, 0.05) is 23.4 Å². The van der Waals surface area contributed by atoms with Crippen LogP contribution < -0.4 is 0 Å². The number of aromatic nitrogens is 1. The van der Waals surface area contributed by atoms with Gasteiger partial charge in [-0.25, -0.2) is 13.2 Å². The first-order valence-corrected chi connectivity index (χ1v) is 6.35. The zero-order chi connectivity index (χ0) is 14.3.